The van der Waals surface area contributed by atoms with E-state index in [0.29, 0.717) is 18.0 Å². The minimum Gasteiger partial charge on any atom is -0.453 e. The van der Waals surface area contributed by atoms with Gasteiger partial charge < -0.3 is 9.47 Å². The van der Waals surface area contributed by atoms with Crippen molar-refractivity contribution in [3.63, 3.8) is 0 Å². The normalized spacial score (nSPS) is 9.92. The van der Waals surface area contributed by atoms with Crippen molar-refractivity contribution in [1.29, 1.82) is 0 Å². The second-order valence-corrected chi connectivity index (χ2v) is 5.03. The summed E-state index contributed by atoms with van der Waals surface area (Å²) in [4.78, 5) is 22.5. The number of anilines is 2. The summed E-state index contributed by atoms with van der Waals surface area (Å²) in [6, 6.07) is 15.1. The highest BCUT2D eigenvalue weighted by atomic mass is 16.5. The van der Waals surface area contributed by atoms with Gasteiger partial charge in [0, 0.05) is 11.4 Å². The van der Waals surface area contributed by atoms with Crippen LogP contribution in [0.2, 0.25) is 0 Å². The Hall–Kier alpha value is -3.02. The lowest BCUT2D eigenvalue weighted by molar-refractivity contribution is 0.168. The Balaban J connectivity index is 1.93. The first-order chi connectivity index (χ1) is 11.6. The van der Waals surface area contributed by atoms with Gasteiger partial charge in [-0.3, -0.25) is 10.6 Å². The lowest BCUT2D eigenvalue weighted by Crippen LogP contribution is -2.13. The number of carbonyl (C=O) groups is 2. The molecule has 2 N–H and O–H groups in total. The van der Waals surface area contributed by atoms with E-state index in [4.69, 9.17) is 4.74 Å². The number of benzene rings is 2. The van der Waals surface area contributed by atoms with E-state index in [-0.39, 0.29) is 0 Å². The monoisotopic (exact) mass is 328 g/mol. The molecule has 2 aromatic carbocycles. The molecule has 24 heavy (non-hydrogen) atoms. The Kier molecular flexibility index (Phi) is 6.19. The largest absolute Gasteiger partial charge is 0.453 e. The number of nitrogens with one attached hydrogen (secondary N) is 2. The van der Waals surface area contributed by atoms with Gasteiger partial charge in [0.25, 0.3) is 0 Å². The average molecular weight is 328 g/mol. The van der Waals surface area contributed by atoms with E-state index in [0.717, 1.165) is 17.5 Å². The van der Waals surface area contributed by atoms with Crippen LogP contribution in [0.15, 0.2) is 48.5 Å². The second kappa shape index (κ2) is 8.57. The highest BCUT2D eigenvalue weighted by Gasteiger charge is 2.03. The van der Waals surface area contributed by atoms with E-state index >= 15 is 0 Å². The molecule has 0 unspecified atom stereocenters. The number of ether oxygens (including phenoxy) is 2. The summed E-state index contributed by atoms with van der Waals surface area (Å²) in [5.41, 5.74) is 3.59. The van der Waals surface area contributed by atoms with E-state index in [2.05, 4.69) is 15.4 Å². The predicted molar refractivity (Wildman–Crippen MR) is 92.4 cm³/mol. The van der Waals surface area contributed by atoms with Gasteiger partial charge in [-0.2, -0.15) is 0 Å². The van der Waals surface area contributed by atoms with Crippen molar-refractivity contribution in [2.45, 2.75) is 13.3 Å². The molecule has 6 nitrogen and oxygen atoms in total. The quantitative estimate of drug-likeness (QED) is 0.869. The van der Waals surface area contributed by atoms with Crippen molar-refractivity contribution < 1.29 is 19.1 Å². The molecule has 0 aliphatic rings. The highest BCUT2D eigenvalue weighted by molar-refractivity contribution is 5.85. The lowest BCUT2D eigenvalue weighted by atomic mass is 10.0. The number of amides is 2. The molecular formula is C18H20N2O4. The van der Waals surface area contributed by atoms with Crippen LogP contribution in [-0.2, 0) is 15.9 Å². The van der Waals surface area contributed by atoms with Gasteiger partial charge in [-0.25, -0.2) is 9.59 Å². The van der Waals surface area contributed by atoms with Crippen LogP contribution in [0, 0.1) is 0 Å². The summed E-state index contributed by atoms with van der Waals surface area (Å²) in [5.74, 6) is 0. The molecule has 2 rings (SSSR count). The van der Waals surface area contributed by atoms with Gasteiger partial charge in [0.05, 0.1) is 13.7 Å². The molecule has 0 heterocycles. The highest BCUT2D eigenvalue weighted by Crippen LogP contribution is 2.16. The summed E-state index contributed by atoms with van der Waals surface area (Å²) in [5, 5.41) is 5.26. The molecule has 0 radical (unpaired) electrons. The minimum atomic E-state index is -0.493. The van der Waals surface area contributed by atoms with Gasteiger partial charge in [-0.15, -0.1) is 0 Å². The standard InChI is InChI=1S/C18H20N2O4/c1-3-24-18(22)20-16-10-6-14(7-11-16)12-13-4-8-15(9-5-13)19-17(21)23-2/h4-11H,3,12H2,1-2H3,(H,19,21)(H,20,22). The van der Waals surface area contributed by atoms with E-state index in [9.17, 15) is 9.59 Å². The summed E-state index contributed by atoms with van der Waals surface area (Å²) in [6.07, 6.45) is -0.204. The van der Waals surface area contributed by atoms with Gasteiger partial charge in [0.15, 0.2) is 0 Å². The van der Waals surface area contributed by atoms with Gasteiger partial charge in [0.2, 0.25) is 0 Å². The topological polar surface area (TPSA) is 76.7 Å². The molecule has 0 saturated heterocycles. The zero-order chi connectivity index (χ0) is 17.4. The molecule has 6 heteroatoms. The molecular weight excluding hydrogens is 308 g/mol. The smallest absolute Gasteiger partial charge is 0.411 e. The molecule has 0 aromatic heterocycles. The Morgan fingerprint density at radius 3 is 1.71 bits per heavy atom. The Morgan fingerprint density at radius 2 is 1.29 bits per heavy atom. The van der Waals surface area contributed by atoms with Crippen LogP contribution in [0.1, 0.15) is 18.1 Å². The maximum atomic E-state index is 11.3. The fraction of sp³-hybridized carbons (Fsp3) is 0.222. The summed E-state index contributed by atoms with van der Waals surface area (Å²) in [7, 11) is 1.32. The maximum Gasteiger partial charge on any atom is 0.411 e. The van der Waals surface area contributed by atoms with Gasteiger partial charge in [-0.05, 0) is 48.7 Å². The Bertz CT molecular complexity index is 681. The molecule has 2 aromatic rings. The van der Waals surface area contributed by atoms with Crippen LogP contribution in [0.3, 0.4) is 0 Å². The number of hydrogen-bond donors (Lipinski definition) is 2. The zero-order valence-corrected chi connectivity index (χ0v) is 13.7. The molecule has 0 aliphatic heterocycles. The third-order valence-electron chi connectivity index (χ3n) is 3.27. The Morgan fingerprint density at radius 1 is 0.833 bits per heavy atom. The number of methoxy groups -OCH3 is 1. The van der Waals surface area contributed by atoms with E-state index in [1.54, 1.807) is 6.92 Å². The van der Waals surface area contributed by atoms with E-state index in [1.165, 1.54) is 7.11 Å². The van der Waals surface area contributed by atoms with Crippen molar-refractivity contribution >= 4 is 23.6 Å². The zero-order valence-electron chi connectivity index (χ0n) is 13.7. The van der Waals surface area contributed by atoms with Crippen molar-refractivity contribution in [3.05, 3.63) is 59.7 Å². The van der Waals surface area contributed by atoms with Crippen LogP contribution < -0.4 is 10.6 Å². The van der Waals surface area contributed by atoms with Crippen molar-refractivity contribution in [1.82, 2.24) is 0 Å². The van der Waals surface area contributed by atoms with Crippen LogP contribution in [0.5, 0.6) is 0 Å². The predicted octanol–water partition coefficient (Wildman–Crippen LogP) is 4.02. The van der Waals surface area contributed by atoms with Gasteiger partial charge in [0.1, 0.15) is 0 Å². The van der Waals surface area contributed by atoms with Crippen molar-refractivity contribution in [3.8, 4) is 0 Å². The molecule has 0 aliphatic carbocycles. The summed E-state index contributed by atoms with van der Waals surface area (Å²) >= 11 is 0. The average Bonchev–Trinajstić information content (AvgIpc) is 2.58. The molecule has 0 fully saturated rings. The van der Waals surface area contributed by atoms with Crippen molar-refractivity contribution in [2.24, 2.45) is 0 Å². The number of rotatable bonds is 5. The van der Waals surface area contributed by atoms with Gasteiger partial charge in [-0.1, -0.05) is 24.3 Å². The fourth-order valence-corrected chi connectivity index (χ4v) is 2.10. The van der Waals surface area contributed by atoms with Crippen molar-refractivity contribution in [2.75, 3.05) is 24.4 Å². The van der Waals surface area contributed by atoms with Crippen LogP contribution in [0.4, 0.5) is 21.0 Å². The molecule has 0 atom stereocenters. The minimum absolute atomic E-state index is 0.338. The third kappa shape index (κ3) is 5.31. The first-order valence-electron chi connectivity index (χ1n) is 7.57. The first kappa shape index (κ1) is 17.3. The summed E-state index contributed by atoms with van der Waals surface area (Å²) in [6.45, 7) is 2.10. The maximum absolute atomic E-state index is 11.3. The van der Waals surface area contributed by atoms with Crippen LogP contribution >= 0.6 is 0 Å². The van der Waals surface area contributed by atoms with E-state index < -0.39 is 12.2 Å². The van der Waals surface area contributed by atoms with E-state index in [1.807, 2.05) is 48.5 Å². The molecule has 0 saturated carbocycles. The fourth-order valence-electron chi connectivity index (χ4n) is 2.10. The molecule has 0 spiro atoms. The number of hydrogen-bond acceptors (Lipinski definition) is 4. The number of carbonyl (C=O) groups excluding carboxylic acids is 2. The SMILES string of the molecule is CCOC(=O)Nc1ccc(Cc2ccc(NC(=O)OC)cc2)cc1. The molecule has 0 bridgehead atoms. The summed E-state index contributed by atoms with van der Waals surface area (Å²) < 4.78 is 9.37. The molecule has 2 amide bonds. The second-order valence-electron chi connectivity index (χ2n) is 5.03. The molecule has 126 valence electrons. The van der Waals surface area contributed by atoms with Gasteiger partial charge >= 0.3 is 12.2 Å². The Labute approximate surface area is 140 Å². The van der Waals surface area contributed by atoms with Crippen LogP contribution in [-0.4, -0.2) is 25.9 Å². The van der Waals surface area contributed by atoms with Crippen LogP contribution in [0.25, 0.3) is 0 Å². The lowest BCUT2D eigenvalue weighted by Gasteiger charge is -2.08. The third-order valence-corrected chi connectivity index (χ3v) is 3.27. The first-order valence-corrected chi connectivity index (χ1v) is 7.57.